The first-order valence-corrected chi connectivity index (χ1v) is 8.36. The van der Waals surface area contributed by atoms with Crippen LogP contribution < -0.4 is 10.0 Å². The highest BCUT2D eigenvalue weighted by molar-refractivity contribution is 7.92. The van der Waals surface area contributed by atoms with Crippen LogP contribution in [-0.2, 0) is 14.8 Å². The van der Waals surface area contributed by atoms with Crippen LogP contribution in [0.5, 0.6) is 0 Å². The van der Waals surface area contributed by atoms with E-state index in [1.807, 2.05) is 0 Å². The van der Waals surface area contributed by atoms with E-state index in [1.54, 1.807) is 24.3 Å². The summed E-state index contributed by atoms with van der Waals surface area (Å²) in [6, 6.07) is 6.59. The number of benzene rings is 1. The van der Waals surface area contributed by atoms with E-state index < -0.39 is 10.0 Å². The largest absolute Gasteiger partial charge is 0.326 e. The van der Waals surface area contributed by atoms with E-state index in [0.717, 1.165) is 19.1 Å². The first kappa shape index (κ1) is 14.6. The summed E-state index contributed by atoms with van der Waals surface area (Å²) in [7, 11) is -3.27. The van der Waals surface area contributed by atoms with Gasteiger partial charge in [-0.1, -0.05) is 12.2 Å². The number of amides is 1. The number of sulfonamides is 1. The average Bonchev–Trinajstić information content (AvgIpc) is 2.82. The molecule has 0 heterocycles. The summed E-state index contributed by atoms with van der Waals surface area (Å²) in [5, 5.41) is 2.81. The number of nitrogens with one attached hydrogen (secondary N) is 2. The molecule has 0 spiro atoms. The lowest BCUT2D eigenvalue weighted by Gasteiger charge is -2.09. The lowest BCUT2D eigenvalue weighted by atomic mass is 10.1. The Hall–Kier alpha value is -1.82. The summed E-state index contributed by atoms with van der Waals surface area (Å²) in [6.45, 7) is 0. The van der Waals surface area contributed by atoms with E-state index in [-0.39, 0.29) is 5.91 Å². The Kier molecular flexibility index (Phi) is 4.44. The fourth-order valence-electron chi connectivity index (χ4n) is 2.15. The van der Waals surface area contributed by atoms with Crippen molar-refractivity contribution in [2.45, 2.75) is 19.3 Å². The highest BCUT2D eigenvalue weighted by Crippen LogP contribution is 2.21. The predicted molar refractivity (Wildman–Crippen MR) is 80.0 cm³/mol. The van der Waals surface area contributed by atoms with Crippen LogP contribution in [0.15, 0.2) is 36.4 Å². The minimum Gasteiger partial charge on any atom is -0.326 e. The lowest BCUT2D eigenvalue weighted by molar-refractivity contribution is -0.116. The van der Waals surface area contributed by atoms with E-state index in [0.29, 0.717) is 23.7 Å². The SMILES string of the molecule is CS(=O)(=O)Nc1ccc(NC(=O)CC2C=CCC2)cc1. The number of rotatable bonds is 5. The minimum absolute atomic E-state index is 0.0228. The van der Waals surface area contributed by atoms with Gasteiger partial charge in [0.1, 0.15) is 0 Å². The van der Waals surface area contributed by atoms with Crippen molar-refractivity contribution in [2.75, 3.05) is 16.3 Å². The van der Waals surface area contributed by atoms with E-state index in [9.17, 15) is 13.2 Å². The molecule has 0 aromatic heterocycles. The Morgan fingerprint density at radius 3 is 2.45 bits per heavy atom. The predicted octanol–water partition coefficient (Wildman–Crippen LogP) is 2.35. The van der Waals surface area contributed by atoms with Crippen molar-refractivity contribution in [3.63, 3.8) is 0 Å². The molecule has 5 nitrogen and oxygen atoms in total. The number of allylic oxidation sites excluding steroid dienone is 2. The Balaban J connectivity index is 1.89. The van der Waals surface area contributed by atoms with Crippen LogP contribution >= 0.6 is 0 Å². The normalized spacial score (nSPS) is 17.9. The molecule has 1 aromatic rings. The van der Waals surface area contributed by atoms with Crippen molar-refractivity contribution in [3.05, 3.63) is 36.4 Å². The number of carbonyl (C=O) groups is 1. The van der Waals surface area contributed by atoms with Crippen molar-refractivity contribution < 1.29 is 13.2 Å². The van der Waals surface area contributed by atoms with Crippen molar-refractivity contribution >= 4 is 27.3 Å². The summed E-state index contributed by atoms with van der Waals surface area (Å²) in [5.41, 5.74) is 1.14. The second kappa shape index (κ2) is 6.09. The van der Waals surface area contributed by atoms with E-state index >= 15 is 0 Å². The molecule has 0 saturated heterocycles. The van der Waals surface area contributed by atoms with Crippen molar-refractivity contribution in [1.29, 1.82) is 0 Å². The van der Waals surface area contributed by atoms with Gasteiger partial charge in [0, 0.05) is 17.8 Å². The molecule has 1 unspecified atom stereocenters. The molecular weight excluding hydrogens is 276 g/mol. The maximum Gasteiger partial charge on any atom is 0.229 e. The molecule has 2 rings (SSSR count). The minimum atomic E-state index is -3.27. The number of anilines is 2. The third-order valence-electron chi connectivity index (χ3n) is 3.03. The molecule has 1 aliphatic carbocycles. The van der Waals surface area contributed by atoms with Gasteiger partial charge in [0.05, 0.1) is 6.26 Å². The molecule has 2 N–H and O–H groups in total. The molecule has 1 aliphatic rings. The molecule has 0 aliphatic heterocycles. The molecule has 6 heteroatoms. The van der Waals surface area contributed by atoms with Crippen LogP contribution in [-0.4, -0.2) is 20.6 Å². The van der Waals surface area contributed by atoms with E-state index in [2.05, 4.69) is 22.2 Å². The fraction of sp³-hybridized carbons (Fsp3) is 0.357. The van der Waals surface area contributed by atoms with Gasteiger partial charge in [0.2, 0.25) is 15.9 Å². The van der Waals surface area contributed by atoms with Crippen LogP contribution in [0.1, 0.15) is 19.3 Å². The zero-order chi connectivity index (χ0) is 14.6. The quantitative estimate of drug-likeness (QED) is 0.819. The third kappa shape index (κ3) is 4.70. The highest BCUT2D eigenvalue weighted by atomic mass is 32.2. The van der Waals surface area contributed by atoms with Gasteiger partial charge in [-0.05, 0) is 43.0 Å². The van der Waals surface area contributed by atoms with Crippen LogP contribution in [0, 0.1) is 5.92 Å². The summed E-state index contributed by atoms with van der Waals surface area (Å²) >= 11 is 0. The zero-order valence-corrected chi connectivity index (χ0v) is 12.1. The Morgan fingerprint density at radius 2 is 1.90 bits per heavy atom. The molecule has 0 saturated carbocycles. The molecule has 20 heavy (non-hydrogen) atoms. The maximum atomic E-state index is 11.8. The average molecular weight is 294 g/mol. The zero-order valence-electron chi connectivity index (χ0n) is 11.3. The number of carbonyl (C=O) groups excluding carboxylic acids is 1. The van der Waals surface area contributed by atoms with E-state index in [1.165, 1.54) is 0 Å². The molecule has 1 amide bonds. The Morgan fingerprint density at radius 1 is 1.25 bits per heavy atom. The highest BCUT2D eigenvalue weighted by Gasteiger charge is 2.14. The van der Waals surface area contributed by atoms with Gasteiger partial charge in [-0.3, -0.25) is 9.52 Å². The van der Waals surface area contributed by atoms with Gasteiger partial charge in [-0.25, -0.2) is 8.42 Å². The van der Waals surface area contributed by atoms with Crippen LogP contribution in [0.3, 0.4) is 0 Å². The third-order valence-corrected chi connectivity index (χ3v) is 3.64. The first-order valence-electron chi connectivity index (χ1n) is 6.47. The molecule has 108 valence electrons. The summed E-state index contributed by atoms with van der Waals surface area (Å²) < 4.78 is 24.5. The topological polar surface area (TPSA) is 75.3 Å². The molecule has 1 atom stereocenters. The standard InChI is InChI=1S/C14H18N2O3S/c1-20(18,19)16-13-8-6-12(7-9-13)15-14(17)10-11-4-2-3-5-11/h2,4,6-9,11,16H,3,5,10H2,1H3,(H,15,17). The number of hydrogen-bond acceptors (Lipinski definition) is 3. The summed E-state index contributed by atoms with van der Waals surface area (Å²) in [4.78, 5) is 11.8. The molecule has 0 bridgehead atoms. The summed E-state index contributed by atoms with van der Waals surface area (Å²) in [5.74, 6) is 0.312. The van der Waals surface area contributed by atoms with Gasteiger partial charge in [-0.15, -0.1) is 0 Å². The van der Waals surface area contributed by atoms with Crippen LogP contribution in [0.4, 0.5) is 11.4 Å². The van der Waals surface area contributed by atoms with E-state index in [4.69, 9.17) is 0 Å². The smallest absolute Gasteiger partial charge is 0.229 e. The summed E-state index contributed by atoms with van der Waals surface area (Å²) in [6.07, 6.45) is 7.84. The first-order chi connectivity index (χ1) is 9.42. The molecular formula is C14H18N2O3S. The fourth-order valence-corrected chi connectivity index (χ4v) is 2.72. The molecule has 0 radical (unpaired) electrons. The number of hydrogen-bond donors (Lipinski definition) is 2. The van der Waals surface area contributed by atoms with Gasteiger partial charge in [0.25, 0.3) is 0 Å². The lowest BCUT2D eigenvalue weighted by Crippen LogP contribution is -2.15. The van der Waals surface area contributed by atoms with Gasteiger partial charge >= 0.3 is 0 Å². The second-order valence-corrected chi connectivity index (χ2v) is 6.72. The van der Waals surface area contributed by atoms with Crippen LogP contribution in [0.25, 0.3) is 0 Å². The maximum absolute atomic E-state index is 11.8. The van der Waals surface area contributed by atoms with Gasteiger partial charge in [-0.2, -0.15) is 0 Å². The van der Waals surface area contributed by atoms with Crippen molar-refractivity contribution in [2.24, 2.45) is 5.92 Å². The van der Waals surface area contributed by atoms with Crippen molar-refractivity contribution in [3.8, 4) is 0 Å². The van der Waals surface area contributed by atoms with Gasteiger partial charge in [0.15, 0.2) is 0 Å². The monoisotopic (exact) mass is 294 g/mol. The molecule has 1 aromatic carbocycles. The van der Waals surface area contributed by atoms with Crippen molar-refractivity contribution in [1.82, 2.24) is 0 Å². The van der Waals surface area contributed by atoms with Crippen LogP contribution in [0.2, 0.25) is 0 Å². The molecule has 0 fully saturated rings. The Bertz CT molecular complexity index is 606. The second-order valence-electron chi connectivity index (χ2n) is 4.97. The van der Waals surface area contributed by atoms with Gasteiger partial charge < -0.3 is 5.32 Å². The Labute approximate surface area is 119 Å².